The van der Waals surface area contributed by atoms with Crippen molar-refractivity contribution in [3.8, 4) is 0 Å². The van der Waals surface area contributed by atoms with E-state index >= 15 is 0 Å². The second-order valence-electron chi connectivity index (χ2n) is 7.12. The lowest BCUT2D eigenvalue weighted by atomic mass is 9.85. The third kappa shape index (κ3) is 6.27. The summed E-state index contributed by atoms with van der Waals surface area (Å²) in [7, 11) is 1.65. The smallest absolute Gasteiger partial charge is 0.333 e. The van der Waals surface area contributed by atoms with Gasteiger partial charge in [-0.3, -0.25) is 9.69 Å². The normalized spacial score (nSPS) is 29.1. The molecule has 4 atom stereocenters. The molecule has 2 rings (SSSR count). The molecule has 1 fully saturated rings. The van der Waals surface area contributed by atoms with E-state index in [9.17, 15) is 9.59 Å². The number of nitrogens with two attached hydrogens (primary N) is 1. The number of methoxy groups -OCH3 is 1. The van der Waals surface area contributed by atoms with E-state index in [1.54, 1.807) is 14.0 Å². The Labute approximate surface area is 161 Å². The van der Waals surface area contributed by atoms with Crippen LogP contribution < -0.4 is 11.1 Å². The van der Waals surface area contributed by atoms with Crippen LogP contribution in [-0.2, 0) is 23.8 Å². The highest BCUT2D eigenvalue weighted by Crippen LogP contribution is 2.26. The zero-order valence-electron chi connectivity index (χ0n) is 16.6. The first kappa shape index (κ1) is 21.8. The van der Waals surface area contributed by atoms with Gasteiger partial charge in [-0.1, -0.05) is 6.08 Å². The molecule has 0 radical (unpaired) electrons. The molecule has 0 unspecified atom stereocenters. The molecular weight excluding hydrogens is 350 g/mol. The number of carbonyl (C=O) groups excluding carboxylic acids is 2. The Kier molecular flexibility index (Phi) is 8.69. The summed E-state index contributed by atoms with van der Waals surface area (Å²) in [6, 6.07) is -0.762. The van der Waals surface area contributed by atoms with Crippen molar-refractivity contribution >= 4 is 11.9 Å². The Balaban J connectivity index is 2.16. The number of ether oxygens (including phenoxy) is 3. The van der Waals surface area contributed by atoms with E-state index in [0.29, 0.717) is 31.8 Å². The molecule has 8 heteroatoms. The van der Waals surface area contributed by atoms with E-state index in [0.717, 1.165) is 25.9 Å². The van der Waals surface area contributed by atoms with Gasteiger partial charge >= 0.3 is 5.97 Å². The molecule has 0 saturated carbocycles. The zero-order chi connectivity index (χ0) is 19.8. The van der Waals surface area contributed by atoms with Crippen LogP contribution in [-0.4, -0.2) is 81.0 Å². The van der Waals surface area contributed by atoms with Crippen molar-refractivity contribution in [2.24, 2.45) is 5.73 Å². The molecule has 0 aromatic rings. The largest absolute Gasteiger partial charge is 0.463 e. The lowest BCUT2D eigenvalue weighted by Gasteiger charge is -2.44. The van der Waals surface area contributed by atoms with Crippen molar-refractivity contribution in [3.05, 3.63) is 11.6 Å². The van der Waals surface area contributed by atoms with Crippen molar-refractivity contribution in [1.82, 2.24) is 10.2 Å². The van der Waals surface area contributed by atoms with Gasteiger partial charge in [-0.05, 0) is 32.7 Å². The van der Waals surface area contributed by atoms with Gasteiger partial charge in [0.25, 0.3) is 0 Å². The molecule has 1 saturated heterocycles. The lowest BCUT2D eigenvalue weighted by molar-refractivity contribution is -0.138. The van der Waals surface area contributed by atoms with Gasteiger partial charge < -0.3 is 25.3 Å². The summed E-state index contributed by atoms with van der Waals surface area (Å²) in [5.74, 6) is -0.456. The maximum Gasteiger partial charge on any atom is 0.333 e. The summed E-state index contributed by atoms with van der Waals surface area (Å²) >= 11 is 0. The minimum Gasteiger partial charge on any atom is -0.463 e. The second-order valence-corrected chi connectivity index (χ2v) is 7.12. The topological polar surface area (TPSA) is 103 Å². The highest BCUT2D eigenvalue weighted by Gasteiger charge is 2.38. The first-order valence-corrected chi connectivity index (χ1v) is 9.71. The minimum absolute atomic E-state index is 0.101. The van der Waals surface area contributed by atoms with Crippen LogP contribution in [0.4, 0.5) is 0 Å². The molecule has 0 aromatic heterocycles. The van der Waals surface area contributed by atoms with E-state index in [4.69, 9.17) is 19.9 Å². The van der Waals surface area contributed by atoms with Crippen molar-refractivity contribution in [1.29, 1.82) is 0 Å². The number of hydrogen-bond donors (Lipinski definition) is 2. The van der Waals surface area contributed by atoms with Crippen molar-refractivity contribution in [3.63, 3.8) is 0 Å². The summed E-state index contributed by atoms with van der Waals surface area (Å²) in [6.07, 6.45) is 4.38. The molecule has 1 heterocycles. The van der Waals surface area contributed by atoms with Crippen LogP contribution >= 0.6 is 0 Å². The van der Waals surface area contributed by atoms with Crippen LogP contribution in [0.15, 0.2) is 11.6 Å². The fourth-order valence-corrected chi connectivity index (χ4v) is 3.82. The van der Waals surface area contributed by atoms with Gasteiger partial charge in [0.1, 0.15) is 0 Å². The Morgan fingerprint density at radius 1 is 1.37 bits per heavy atom. The number of rotatable bonds is 8. The summed E-state index contributed by atoms with van der Waals surface area (Å²) in [4.78, 5) is 26.2. The van der Waals surface area contributed by atoms with Gasteiger partial charge in [0, 0.05) is 32.2 Å². The van der Waals surface area contributed by atoms with Crippen LogP contribution in [0.2, 0.25) is 0 Å². The van der Waals surface area contributed by atoms with Gasteiger partial charge in [0.15, 0.2) is 0 Å². The maximum atomic E-state index is 12.2. The molecule has 1 aliphatic carbocycles. The Bertz CT molecular complexity index is 539. The number of nitrogens with one attached hydrogen (secondary N) is 1. The van der Waals surface area contributed by atoms with Gasteiger partial charge in [-0.2, -0.15) is 0 Å². The maximum absolute atomic E-state index is 12.2. The molecule has 8 nitrogen and oxygen atoms in total. The second kappa shape index (κ2) is 10.8. The lowest BCUT2D eigenvalue weighted by Crippen LogP contribution is -2.62. The molecule has 0 spiro atoms. The number of piperidine rings is 1. The monoisotopic (exact) mass is 383 g/mol. The van der Waals surface area contributed by atoms with Crippen LogP contribution in [0, 0.1) is 0 Å². The zero-order valence-corrected chi connectivity index (χ0v) is 16.6. The minimum atomic E-state index is -0.349. The number of nitrogens with zero attached hydrogens (tertiary/aromatic N) is 1. The predicted molar refractivity (Wildman–Crippen MR) is 101 cm³/mol. The van der Waals surface area contributed by atoms with Crippen LogP contribution in [0.1, 0.15) is 33.1 Å². The molecule has 1 aliphatic heterocycles. The Morgan fingerprint density at radius 3 is 2.81 bits per heavy atom. The van der Waals surface area contributed by atoms with Crippen molar-refractivity contribution in [2.45, 2.75) is 57.3 Å². The van der Waals surface area contributed by atoms with Gasteiger partial charge in [0.2, 0.25) is 5.91 Å². The molecule has 2 aliphatic rings. The molecular formula is C19H33N3O5. The average Bonchev–Trinajstić information content (AvgIpc) is 2.63. The van der Waals surface area contributed by atoms with E-state index in [-0.39, 0.29) is 36.1 Å². The quantitative estimate of drug-likeness (QED) is 0.456. The van der Waals surface area contributed by atoms with Crippen molar-refractivity contribution in [2.75, 3.05) is 40.0 Å². The molecule has 0 aromatic carbocycles. The van der Waals surface area contributed by atoms with Crippen LogP contribution in [0.5, 0.6) is 0 Å². The fraction of sp³-hybridized carbons (Fsp3) is 0.789. The number of hydrogen-bond acceptors (Lipinski definition) is 7. The van der Waals surface area contributed by atoms with Crippen molar-refractivity contribution < 1.29 is 23.8 Å². The number of esters is 1. The first-order valence-electron chi connectivity index (χ1n) is 9.71. The van der Waals surface area contributed by atoms with E-state index < -0.39 is 0 Å². The molecule has 154 valence electrons. The highest BCUT2D eigenvalue weighted by atomic mass is 16.5. The average molecular weight is 383 g/mol. The van der Waals surface area contributed by atoms with E-state index in [2.05, 4.69) is 10.2 Å². The van der Waals surface area contributed by atoms with Gasteiger partial charge in [0.05, 0.1) is 38.0 Å². The van der Waals surface area contributed by atoms with Crippen LogP contribution in [0.3, 0.4) is 0 Å². The van der Waals surface area contributed by atoms with E-state index in [1.165, 1.54) is 6.92 Å². The predicted octanol–water partition coefficient (Wildman–Crippen LogP) is 0.208. The third-order valence-corrected chi connectivity index (χ3v) is 5.04. The van der Waals surface area contributed by atoms with Crippen LogP contribution in [0.25, 0.3) is 0 Å². The first-order chi connectivity index (χ1) is 13.0. The third-order valence-electron chi connectivity index (χ3n) is 5.04. The van der Waals surface area contributed by atoms with Gasteiger partial charge in [-0.15, -0.1) is 0 Å². The Morgan fingerprint density at radius 2 is 2.15 bits per heavy atom. The summed E-state index contributed by atoms with van der Waals surface area (Å²) < 4.78 is 16.1. The number of amides is 1. The van der Waals surface area contributed by atoms with E-state index in [1.807, 2.05) is 6.08 Å². The SMILES string of the molecule is CCOC(=O)C1=C[C@@H](N2CCC[C@@H](OCCOC)C2)[C@H](NC(C)=O)[C@@H](N)C1. The fourth-order valence-electron chi connectivity index (χ4n) is 3.82. The standard InChI is InChI=1S/C19H33N3O5/c1-4-26-19(24)14-10-16(20)18(21-13(2)23)17(11-14)22-7-5-6-15(12-22)27-9-8-25-3/h11,15-18H,4-10,12,20H2,1-3H3,(H,21,23)/t15-,16+,17-,18-/m1/s1. The van der Waals surface area contributed by atoms with Gasteiger partial charge in [-0.25, -0.2) is 4.79 Å². The number of likely N-dealkylation sites (tertiary alicyclic amines) is 1. The molecule has 27 heavy (non-hydrogen) atoms. The molecule has 1 amide bonds. The highest BCUT2D eigenvalue weighted by molar-refractivity contribution is 5.89. The summed E-state index contributed by atoms with van der Waals surface area (Å²) in [6.45, 7) is 6.30. The Hall–Kier alpha value is -1.48. The molecule has 3 N–H and O–H groups in total. The molecule has 0 bridgehead atoms. The summed E-state index contributed by atoms with van der Waals surface area (Å²) in [5.41, 5.74) is 6.93. The number of carbonyl (C=O) groups is 2. The summed E-state index contributed by atoms with van der Waals surface area (Å²) in [5, 5.41) is 2.97.